The Balaban J connectivity index is 0.907. The summed E-state index contributed by atoms with van der Waals surface area (Å²) in [5.41, 5.74) is 8.15. The van der Waals surface area contributed by atoms with Gasteiger partial charge >= 0.3 is 0 Å². The van der Waals surface area contributed by atoms with Gasteiger partial charge in [0.1, 0.15) is 11.5 Å². The Morgan fingerprint density at radius 2 is 0.914 bits per heavy atom. The van der Waals surface area contributed by atoms with Crippen molar-refractivity contribution < 1.29 is 24.6 Å². The molecule has 2 aliphatic heterocycles. The van der Waals surface area contributed by atoms with Gasteiger partial charge in [-0.15, -0.1) is 0 Å². The number of piperazine rings is 2. The third-order valence-electron chi connectivity index (χ3n) is 14.5. The lowest BCUT2D eigenvalue weighted by Crippen LogP contribution is -2.62. The largest absolute Gasteiger partial charge is 0.506 e. The highest BCUT2D eigenvalue weighted by Crippen LogP contribution is 2.42. The second-order valence-electron chi connectivity index (χ2n) is 20.1. The standard InChI is InChI=1S/C55H60Cl2N8O5/c1-60(2)31-47(62-17-21-64(22-18-62)51-39-25-35(37-11-15-49(66)43(56)27-37)9-13-45(39)58-29-41(51)53(68)33-5-6-33)55(70)48(32-61(3)4)63-19-23-65(24-20-63)52-40-26-36(38-12-16-50(67)44(57)28-38)10-14-46(40)59-30-42(52)54(69)34-7-8-34/h9-16,25-30,33-34,47-48,66-67H,5-8,17-24,31-32H2,1-4H3. The Morgan fingerprint density at radius 1 is 0.557 bits per heavy atom. The predicted octanol–water partition coefficient (Wildman–Crippen LogP) is 8.39. The van der Waals surface area contributed by atoms with Crippen molar-refractivity contribution in [1.29, 1.82) is 0 Å². The number of halogens is 2. The number of hydrogen-bond acceptors (Lipinski definition) is 13. The summed E-state index contributed by atoms with van der Waals surface area (Å²) >= 11 is 12.7. The van der Waals surface area contributed by atoms with Crippen LogP contribution in [0.4, 0.5) is 11.4 Å². The molecule has 70 heavy (non-hydrogen) atoms. The highest BCUT2D eigenvalue weighted by atomic mass is 35.5. The van der Waals surface area contributed by atoms with Gasteiger partial charge in [0.15, 0.2) is 17.3 Å². The second kappa shape index (κ2) is 19.9. The molecule has 15 heteroatoms. The number of pyridine rings is 2. The van der Waals surface area contributed by atoms with Gasteiger partial charge in [-0.05, 0) is 125 Å². The molecule has 2 N–H and O–H groups in total. The zero-order chi connectivity index (χ0) is 49.0. The first-order valence-electron chi connectivity index (χ1n) is 24.4. The number of benzene rings is 4. The molecule has 2 saturated carbocycles. The number of phenolic OH excluding ortho intramolecular Hbond substituents is 2. The minimum absolute atomic E-state index is 0.0109. The maximum absolute atomic E-state index is 15.3. The van der Waals surface area contributed by atoms with Crippen LogP contribution in [0, 0.1) is 11.8 Å². The van der Waals surface area contributed by atoms with E-state index in [1.165, 1.54) is 0 Å². The molecule has 0 spiro atoms. The SMILES string of the molecule is CN(C)CC(C(=O)C(CN(C)C)N1CCN(c2c(C(=O)C3CC3)cnc3ccc(-c4ccc(O)c(Cl)c4)cc23)CC1)N1CCN(c2c(C(=O)C3CC3)cnc3ccc(-c4ccc(O)c(Cl)c4)cc23)CC1. The molecule has 0 bridgehead atoms. The van der Waals surface area contributed by atoms with Crippen molar-refractivity contribution >= 4 is 73.7 Å². The maximum atomic E-state index is 15.3. The predicted molar refractivity (Wildman–Crippen MR) is 279 cm³/mol. The molecule has 10 rings (SSSR count). The zero-order valence-corrected chi connectivity index (χ0v) is 41.8. The van der Waals surface area contributed by atoms with Crippen LogP contribution in [0.25, 0.3) is 44.1 Å². The first-order valence-corrected chi connectivity index (χ1v) is 25.2. The number of aromatic nitrogens is 2. The van der Waals surface area contributed by atoms with Gasteiger partial charge in [0, 0.05) is 100 Å². The minimum atomic E-state index is -0.369. The van der Waals surface area contributed by atoms with Gasteiger partial charge in [0.05, 0.1) is 55.7 Å². The van der Waals surface area contributed by atoms with Crippen LogP contribution in [0.3, 0.4) is 0 Å². The number of anilines is 2. The first-order chi connectivity index (χ1) is 33.7. The van der Waals surface area contributed by atoms with Crippen LogP contribution in [0.2, 0.25) is 10.0 Å². The van der Waals surface area contributed by atoms with E-state index >= 15 is 4.79 Å². The lowest BCUT2D eigenvalue weighted by atomic mass is 9.96. The summed E-state index contributed by atoms with van der Waals surface area (Å²) in [7, 11) is 8.09. The fraction of sp³-hybridized carbons (Fsp3) is 0.400. The number of ketones is 3. The number of fused-ring (bicyclic) bond motifs is 2. The molecule has 4 aliphatic rings. The molecule has 2 unspecified atom stereocenters. The minimum Gasteiger partial charge on any atom is -0.506 e. The molecule has 0 amide bonds. The number of hydrogen-bond donors (Lipinski definition) is 2. The summed E-state index contributed by atoms with van der Waals surface area (Å²) in [4.78, 5) is 66.3. The Hall–Kier alpha value is -5.67. The normalized spacial score (nSPS) is 18.0. The van der Waals surface area contributed by atoms with Crippen LogP contribution in [0.15, 0.2) is 85.2 Å². The number of likely N-dealkylation sites (N-methyl/N-ethyl adjacent to an activating group) is 2. The molecule has 2 aromatic heterocycles. The smallest absolute Gasteiger partial charge is 0.169 e. The molecular formula is C55H60Cl2N8O5. The van der Waals surface area contributed by atoms with E-state index in [1.807, 2.05) is 64.6 Å². The summed E-state index contributed by atoms with van der Waals surface area (Å²) in [5.74, 6) is 0.510. The monoisotopic (exact) mass is 982 g/mol. The van der Waals surface area contributed by atoms with E-state index in [-0.39, 0.29) is 62.8 Å². The number of aromatic hydroxyl groups is 2. The van der Waals surface area contributed by atoms with Crippen LogP contribution in [0.1, 0.15) is 46.4 Å². The van der Waals surface area contributed by atoms with E-state index in [0.717, 1.165) is 81.1 Å². The van der Waals surface area contributed by atoms with Gasteiger partial charge in [-0.3, -0.25) is 34.2 Å². The van der Waals surface area contributed by atoms with Crippen molar-refractivity contribution in [1.82, 2.24) is 29.6 Å². The Labute approximate surface area is 419 Å². The van der Waals surface area contributed by atoms with Gasteiger partial charge in [-0.2, -0.15) is 0 Å². The Bertz CT molecular complexity index is 2800. The molecule has 2 atom stereocenters. The van der Waals surface area contributed by atoms with E-state index in [0.29, 0.717) is 76.6 Å². The van der Waals surface area contributed by atoms with Gasteiger partial charge in [-0.1, -0.05) is 47.5 Å². The average Bonchev–Trinajstić information content (AvgIpc) is 4.31. The van der Waals surface area contributed by atoms with Gasteiger partial charge in [-0.25, -0.2) is 0 Å². The van der Waals surface area contributed by atoms with Crippen molar-refractivity contribution in [3.8, 4) is 33.8 Å². The molecule has 6 aromatic rings. The van der Waals surface area contributed by atoms with E-state index < -0.39 is 0 Å². The molecular weight excluding hydrogens is 924 g/mol. The molecule has 4 aromatic carbocycles. The third kappa shape index (κ3) is 9.84. The summed E-state index contributed by atoms with van der Waals surface area (Å²) < 4.78 is 0. The van der Waals surface area contributed by atoms with Crippen molar-refractivity contribution in [3.05, 3.63) is 106 Å². The number of phenols is 2. The topological polar surface area (TPSA) is 137 Å². The highest BCUT2D eigenvalue weighted by molar-refractivity contribution is 6.32. The number of carbonyl (C=O) groups excluding carboxylic acids is 3. The van der Waals surface area contributed by atoms with Crippen LogP contribution >= 0.6 is 23.2 Å². The molecule has 364 valence electrons. The highest BCUT2D eigenvalue weighted by Gasteiger charge is 2.40. The fourth-order valence-electron chi connectivity index (χ4n) is 10.5. The lowest BCUT2D eigenvalue weighted by molar-refractivity contribution is -0.131. The van der Waals surface area contributed by atoms with Crippen molar-refractivity contribution in [2.75, 3.05) is 103 Å². The number of carbonyl (C=O) groups is 3. The maximum Gasteiger partial charge on any atom is 0.169 e. The summed E-state index contributed by atoms with van der Waals surface area (Å²) in [6.45, 7) is 6.14. The third-order valence-corrected chi connectivity index (χ3v) is 15.1. The van der Waals surface area contributed by atoms with Gasteiger partial charge < -0.3 is 29.8 Å². The van der Waals surface area contributed by atoms with Crippen LogP contribution in [-0.2, 0) is 4.79 Å². The lowest BCUT2D eigenvalue weighted by Gasteiger charge is -2.45. The van der Waals surface area contributed by atoms with Crippen LogP contribution in [0.5, 0.6) is 11.5 Å². The van der Waals surface area contributed by atoms with E-state index in [1.54, 1.807) is 36.7 Å². The van der Waals surface area contributed by atoms with E-state index in [9.17, 15) is 19.8 Å². The molecule has 2 saturated heterocycles. The number of Topliss-reactive ketones (excluding diaryl/α,β-unsaturated/α-hetero) is 3. The van der Waals surface area contributed by atoms with E-state index in [4.69, 9.17) is 33.2 Å². The van der Waals surface area contributed by atoms with Crippen molar-refractivity contribution in [2.24, 2.45) is 11.8 Å². The Kier molecular flexibility index (Phi) is 13.6. The molecule has 0 radical (unpaired) electrons. The molecule has 4 fully saturated rings. The van der Waals surface area contributed by atoms with Crippen molar-refractivity contribution in [3.63, 3.8) is 0 Å². The molecule has 2 aliphatic carbocycles. The number of rotatable bonds is 16. The fourth-order valence-corrected chi connectivity index (χ4v) is 10.8. The molecule has 13 nitrogen and oxygen atoms in total. The molecule has 4 heterocycles. The van der Waals surface area contributed by atoms with Crippen LogP contribution in [-0.4, -0.2) is 163 Å². The quantitative estimate of drug-likeness (QED) is 0.0900. The van der Waals surface area contributed by atoms with Gasteiger partial charge in [0.25, 0.3) is 0 Å². The first kappa shape index (κ1) is 48.0. The summed E-state index contributed by atoms with van der Waals surface area (Å²) in [6, 6.07) is 21.7. The zero-order valence-electron chi connectivity index (χ0n) is 40.2. The summed E-state index contributed by atoms with van der Waals surface area (Å²) in [6.07, 6.45) is 7.03. The summed E-state index contributed by atoms with van der Waals surface area (Å²) in [5, 5.41) is 22.6. The van der Waals surface area contributed by atoms with Gasteiger partial charge in [0.2, 0.25) is 0 Å². The average molecular weight is 984 g/mol. The second-order valence-corrected chi connectivity index (χ2v) is 20.9. The van der Waals surface area contributed by atoms with Crippen LogP contribution < -0.4 is 9.80 Å². The van der Waals surface area contributed by atoms with Crippen molar-refractivity contribution in [2.45, 2.75) is 37.8 Å². The van der Waals surface area contributed by atoms with E-state index in [2.05, 4.69) is 41.5 Å². The number of nitrogens with zero attached hydrogens (tertiary/aromatic N) is 8. The Morgan fingerprint density at radius 3 is 1.26 bits per heavy atom.